The van der Waals surface area contributed by atoms with Crippen molar-refractivity contribution in [3.8, 4) is 0 Å². The Balaban J connectivity index is 2.26. The van der Waals surface area contributed by atoms with Gasteiger partial charge in [-0.3, -0.25) is 43.2 Å². The van der Waals surface area contributed by atoms with Gasteiger partial charge in [0.05, 0.1) is 12.2 Å². The number of rotatable bonds is 15. The van der Waals surface area contributed by atoms with E-state index < -0.39 is 159 Å². The number of esters is 9. The van der Waals surface area contributed by atoms with Gasteiger partial charge in [-0.05, 0) is 13.8 Å². The van der Waals surface area contributed by atoms with Crippen molar-refractivity contribution in [2.45, 2.75) is 168 Å². The molecule has 0 aromatic heterocycles. The summed E-state index contributed by atoms with van der Waals surface area (Å²) in [5.74, 6) is -7.76. The van der Waals surface area contributed by atoms with E-state index >= 15 is 0 Å². The quantitative estimate of drug-likeness (QED) is 0.150. The Bertz CT molecular complexity index is 1600. The van der Waals surface area contributed by atoms with Gasteiger partial charge in [-0.15, -0.1) is 0 Å². The van der Waals surface area contributed by atoms with Gasteiger partial charge in [0.1, 0.15) is 37.6 Å². The summed E-state index contributed by atoms with van der Waals surface area (Å²) in [5, 5.41) is 0. The van der Waals surface area contributed by atoms with E-state index in [0.29, 0.717) is 0 Å². The first-order valence-corrected chi connectivity index (χ1v) is 18.7. The molecule has 3 rings (SSSR count). The van der Waals surface area contributed by atoms with Gasteiger partial charge in [0.25, 0.3) is 0 Å². The molecule has 0 aromatic carbocycles. The number of hydrogen-bond acceptors (Lipinski definition) is 23. The molecule has 0 aromatic rings. The summed E-state index contributed by atoms with van der Waals surface area (Å²) in [7, 11) is 0. The minimum absolute atomic E-state index is 0.519. The van der Waals surface area contributed by atoms with Gasteiger partial charge in [0.2, 0.25) is 0 Å². The van der Waals surface area contributed by atoms with E-state index in [0.717, 1.165) is 62.3 Å². The molecule has 3 saturated heterocycles. The van der Waals surface area contributed by atoms with Crippen molar-refractivity contribution in [3.63, 3.8) is 0 Å². The van der Waals surface area contributed by atoms with Gasteiger partial charge in [0.15, 0.2) is 55.3 Å². The molecule has 3 aliphatic heterocycles. The summed E-state index contributed by atoms with van der Waals surface area (Å²) < 4.78 is 80.4. The molecule has 0 spiro atoms. The number of carbonyl (C=O) groups is 9. The number of hydrogen-bond donors (Lipinski definition) is 0. The van der Waals surface area contributed by atoms with Crippen LogP contribution < -0.4 is 0 Å². The van der Waals surface area contributed by atoms with Crippen molar-refractivity contribution in [1.29, 1.82) is 0 Å². The Morgan fingerprint density at radius 3 is 1.05 bits per heavy atom. The van der Waals surface area contributed by atoms with Crippen molar-refractivity contribution in [1.82, 2.24) is 0 Å². The van der Waals surface area contributed by atoms with E-state index in [9.17, 15) is 43.2 Å². The predicted octanol–water partition coefficient (Wildman–Crippen LogP) is -0.338. The molecule has 0 N–H and O–H groups in total. The maximum atomic E-state index is 12.7. The Morgan fingerprint density at radius 1 is 0.333 bits per heavy atom. The molecule has 15 atom stereocenters. The van der Waals surface area contributed by atoms with Crippen LogP contribution >= 0.6 is 0 Å². The number of carbonyl (C=O) groups excluding carboxylic acids is 9. The highest BCUT2D eigenvalue weighted by Crippen LogP contribution is 2.38. The van der Waals surface area contributed by atoms with Crippen LogP contribution in [0.3, 0.4) is 0 Å². The third-order valence-electron chi connectivity index (χ3n) is 8.78. The van der Waals surface area contributed by atoms with Crippen LogP contribution in [0, 0.1) is 0 Å². The fraction of sp³-hybridized carbons (Fsp3) is 0.757. The summed E-state index contributed by atoms with van der Waals surface area (Å²) in [6, 6.07) is 0. The van der Waals surface area contributed by atoms with Crippen LogP contribution in [-0.2, 0) is 109 Å². The van der Waals surface area contributed by atoms with Crippen LogP contribution in [0.2, 0.25) is 0 Å². The molecule has 3 heterocycles. The summed E-state index contributed by atoms with van der Waals surface area (Å²) in [6.07, 6.45) is -22.9. The van der Waals surface area contributed by atoms with E-state index in [4.69, 9.17) is 66.3 Å². The van der Waals surface area contributed by atoms with Crippen molar-refractivity contribution < 1.29 is 109 Å². The first-order valence-electron chi connectivity index (χ1n) is 18.7. The molecule has 0 aliphatic carbocycles. The van der Waals surface area contributed by atoms with Gasteiger partial charge in [-0.2, -0.15) is 0 Å². The lowest BCUT2D eigenvalue weighted by molar-refractivity contribution is -0.369. The Labute approximate surface area is 344 Å². The van der Waals surface area contributed by atoms with Gasteiger partial charge in [0, 0.05) is 62.3 Å². The summed E-state index contributed by atoms with van der Waals surface area (Å²) >= 11 is 0. The van der Waals surface area contributed by atoms with Gasteiger partial charge >= 0.3 is 53.7 Å². The molecule has 3 fully saturated rings. The van der Waals surface area contributed by atoms with Crippen LogP contribution in [0.4, 0.5) is 0 Å². The van der Waals surface area contributed by atoms with Gasteiger partial charge < -0.3 is 66.3 Å². The predicted molar refractivity (Wildman–Crippen MR) is 189 cm³/mol. The van der Waals surface area contributed by atoms with E-state index in [1.54, 1.807) is 0 Å². The monoisotopic (exact) mass is 864 g/mol. The SMILES string of the molecule is CC(=O)OCC1OC(C)C(OC2OC(C)C(OC(C)=O)C(OC(C)=O)C2OC(C)=O)C(OC2OC(COC(C)=O)C(OC(C)=O)C(OC(C)=O)C2OC(C)=O)C1OC(C)=O. The Kier molecular flexibility index (Phi) is 18.1. The molecular weight excluding hydrogens is 812 g/mol. The first-order chi connectivity index (χ1) is 28.0. The largest absolute Gasteiger partial charge is 0.463 e. The van der Waals surface area contributed by atoms with Crippen molar-refractivity contribution in [3.05, 3.63) is 0 Å². The third kappa shape index (κ3) is 14.1. The van der Waals surface area contributed by atoms with E-state index in [-0.39, 0.29) is 0 Å². The molecule has 0 bridgehead atoms. The molecule has 0 amide bonds. The van der Waals surface area contributed by atoms with Gasteiger partial charge in [-0.1, -0.05) is 0 Å². The molecule has 23 heteroatoms. The van der Waals surface area contributed by atoms with Crippen LogP contribution in [0.1, 0.15) is 76.2 Å². The lowest BCUT2D eigenvalue weighted by Gasteiger charge is -2.50. The van der Waals surface area contributed by atoms with Crippen molar-refractivity contribution in [2.24, 2.45) is 0 Å². The maximum Gasteiger partial charge on any atom is 0.303 e. The topological polar surface area (TPSA) is 283 Å². The van der Waals surface area contributed by atoms with Crippen LogP contribution in [-0.4, -0.2) is 159 Å². The Morgan fingerprint density at radius 2 is 0.633 bits per heavy atom. The first kappa shape index (κ1) is 49.4. The summed E-state index contributed by atoms with van der Waals surface area (Å²) in [4.78, 5) is 111. The van der Waals surface area contributed by atoms with Crippen LogP contribution in [0.5, 0.6) is 0 Å². The lowest BCUT2D eigenvalue weighted by Crippen LogP contribution is -2.68. The molecular formula is C37H52O23. The second kappa shape index (κ2) is 22.0. The van der Waals surface area contributed by atoms with Gasteiger partial charge in [-0.25, -0.2) is 0 Å². The Hall–Kier alpha value is -4.97. The highest BCUT2D eigenvalue weighted by molar-refractivity contribution is 5.70. The lowest BCUT2D eigenvalue weighted by atomic mass is 9.93. The van der Waals surface area contributed by atoms with E-state index in [2.05, 4.69) is 0 Å². The standard InChI is InChI=1S/C37H52O23/c1-14-28(59-36-34(56-23(10)45)32(54-21(8)43)27(15(2)50-36)51-18(5)40)31(29(52-19(6)41)25(49-14)12-47-16(3)38)60-37-35(57-24(11)46)33(55-22(9)44)30(53-20(7)42)26(58-37)13-48-17(4)39/h14-15,25-37H,12-13H2,1-11H3. The zero-order valence-corrected chi connectivity index (χ0v) is 35.0. The molecule has 3 aliphatic rings. The number of ether oxygens (including phenoxy) is 14. The highest BCUT2D eigenvalue weighted by Gasteiger charge is 2.58. The average molecular weight is 865 g/mol. The molecule has 0 radical (unpaired) electrons. The minimum Gasteiger partial charge on any atom is -0.463 e. The summed E-state index contributed by atoms with van der Waals surface area (Å²) in [6.45, 7) is 11.3. The summed E-state index contributed by atoms with van der Waals surface area (Å²) in [5.41, 5.74) is 0. The fourth-order valence-corrected chi connectivity index (χ4v) is 6.79. The van der Waals surface area contributed by atoms with Crippen LogP contribution in [0.25, 0.3) is 0 Å². The second-order valence-corrected chi connectivity index (χ2v) is 14.0. The van der Waals surface area contributed by atoms with E-state index in [1.165, 1.54) is 13.8 Å². The molecule has 15 unspecified atom stereocenters. The molecule has 23 nitrogen and oxygen atoms in total. The van der Waals surface area contributed by atoms with Crippen molar-refractivity contribution in [2.75, 3.05) is 13.2 Å². The third-order valence-corrected chi connectivity index (χ3v) is 8.78. The average Bonchev–Trinajstić information content (AvgIpc) is 3.10. The molecule has 60 heavy (non-hydrogen) atoms. The normalized spacial score (nSPS) is 33.8. The fourth-order valence-electron chi connectivity index (χ4n) is 6.79. The zero-order valence-electron chi connectivity index (χ0n) is 35.0. The maximum absolute atomic E-state index is 12.7. The van der Waals surface area contributed by atoms with E-state index in [1.807, 2.05) is 0 Å². The molecule has 338 valence electrons. The highest BCUT2D eigenvalue weighted by atomic mass is 16.8. The second-order valence-electron chi connectivity index (χ2n) is 14.0. The smallest absolute Gasteiger partial charge is 0.303 e. The van der Waals surface area contributed by atoms with Crippen molar-refractivity contribution >= 4 is 53.7 Å². The minimum atomic E-state index is -1.88. The molecule has 0 saturated carbocycles. The zero-order chi connectivity index (χ0) is 45.2. The van der Waals surface area contributed by atoms with Crippen LogP contribution in [0.15, 0.2) is 0 Å².